The molecule has 0 saturated carbocycles. The normalized spacial score (nSPS) is 11.4. The zero-order valence-corrected chi connectivity index (χ0v) is 17.5. The first-order valence-electron chi connectivity index (χ1n) is 9.08. The number of hydrogen-bond acceptors (Lipinski definition) is 4. The second kappa shape index (κ2) is 7.89. The molecule has 0 spiro atoms. The number of rotatable bonds is 4. The van der Waals surface area contributed by atoms with E-state index in [-0.39, 0.29) is 10.5 Å². The molecule has 1 amide bonds. The van der Waals surface area contributed by atoms with Gasteiger partial charge in [0.25, 0.3) is 5.91 Å². The van der Waals surface area contributed by atoms with Crippen LogP contribution in [0.5, 0.6) is 0 Å². The topological polar surface area (TPSA) is 76.1 Å². The first kappa shape index (κ1) is 20.1. The largest absolute Gasteiger partial charge is 0.322 e. The lowest BCUT2D eigenvalue weighted by Gasteiger charge is -2.11. The molecule has 7 heteroatoms. The first-order valence-corrected chi connectivity index (χ1v) is 11.3. The predicted octanol–water partition coefficient (Wildman–Crippen LogP) is 5.21. The zero-order valence-electron chi connectivity index (χ0n) is 16.0. The van der Waals surface area contributed by atoms with Gasteiger partial charge in [0.15, 0.2) is 9.84 Å². The number of nitrogens with zero attached hydrogens (tertiary/aromatic N) is 1. The third-order valence-corrected chi connectivity index (χ3v) is 6.12. The van der Waals surface area contributed by atoms with E-state index in [2.05, 4.69) is 10.3 Å². The molecule has 0 aliphatic rings. The summed E-state index contributed by atoms with van der Waals surface area (Å²) in [6, 6.07) is 20.8. The van der Waals surface area contributed by atoms with E-state index in [0.29, 0.717) is 22.0 Å². The molecule has 0 atom stereocenters. The van der Waals surface area contributed by atoms with Crippen molar-refractivity contribution in [3.05, 3.63) is 89.6 Å². The number of nitrogens with one attached hydrogen (secondary N) is 1. The molecule has 0 unspecified atom stereocenters. The number of halogens is 1. The van der Waals surface area contributed by atoms with Crippen molar-refractivity contribution in [2.45, 2.75) is 4.90 Å². The molecule has 0 fully saturated rings. The van der Waals surface area contributed by atoms with Crippen molar-refractivity contribution in [1.82, 2.24) is 4.98 Å². The Morgan fingerprint density at radius 3 is 2.57 bits per heavy atom. The molecule has 150 valence electrons. The van der Waals surface area contributed by atoms with Crippen molar-refractivity contribution in [3.8, 4) is 11.3 Å². The van der Waals surface area contributed by atoms with Gasteiger partial charge in [-0.05, 0) is 47.9 Å². The Balaban J connectivity index is 1.70. The maximum Gasteiger partial charge on any atom is 0.255 e. The van der Waals surface area contributed by atoms with E-state index in [1.54, 1.807) is 36.5 Å². The number of sulfone groups is 1. The minimum atomic E-state index is -3.41. The van der Waals surface area contributed by atoms with Gasteiger partial charge in [-0.3, -0.25) is 9.78 Å². The number of hydrogen-bond donors (Lipinski definition) is 1. The molecule has 0 saturated heterocycles. The number of pyridine rings is 1. The van der Waals surface area contributed by atoms with Crippen LogP contribution in [0.15, 0.2) is 83.9 Å². The molecule has 30 heavy (non-hydrogen) atoms. The summed E-state index contributed by atoms with van der Waals surface area (Å²) in [6.45, 7) is 0. The summed E-state index contributed by atoms with van der Waals surface area (Å²) in [5.41, 5.74) is 2.18. The van der Waals surface area contributed by atoms with Gasteiger partial charge in [0, 0.05) is 34.7 Å². The van der Waals surface area contributed by atoms with Crippen molar-refractivity contribution in [3.63, 3.8) is 0 Å². The van der Waals surface area contributed by atoms with E-state index in [4.69, 9.17) is 11.6 Å². The summed E-state index contributed by atoms with van der Waals surface area (Å²) >= 11 is 6.44. The SMILES string of the molecule is CS(=O)(=O)c1cccc(C(=O)Nc2ccc(Cl)c(-c3nccc4ccccc34)c2)c1. The highest BCUT2D eigenvalue weighted by atomic mass is 35.5. The molecule has 1 aromatic heterocycles. The van der Waals surface area contributed by atoms with Crippen LogP contribution in [-0.2, 0) is 9.84 Å². The monoisotopic (exact) mass is 436 g/mol. The van der Waals surface area contributed by atoms with Crippen molar-refractivity contribution in [1.29, 1.82) is 0 Å². The van der Waals surface area contributed by atoms with Crippen molar-refractivity contribution >= 4 is 43.8 Å². The minimum absolute atomic E-state index is 0.0897. The Kier molecular flexibility index (Phi) is 5.28. The van der Waals surface area contributed by atoms with Crippen LogP contribution in [0, 0.1) is 0 Å². The number of benzene rings is 3. The Bertz CT molecular complexity index is 1380. The molecule has 0 aliphatic heterocycles. The third-order valence-electron chi connectivity index (χ3n) is 4.68. The van der Waals surface area contributed by atoms with Crippen molar-refractivity contribution in [2.24, 2.45) is 0 Å². The predicted molar refractivity (Wildman–Crippen MR) is 120 cm³/mol. The summed E-state index contributed by atoms with van der Waals surface area (Å²) in [5, 5.41) is 5.30. The van der Waals surface area contributed by atoms with Crippen LogP contribution in [0.4, 0.5) is 5.69 Å². The van der Waals surface area contributed by atoms with E-state index in [1.807, 2.05) is 30.3 Å². The highest BCUT2D eigenvalue weighted by molar-refractivity contribution is 7.90. The molecular weight excluding hydrogens is 420 g/mol. The average molecular weight is 437 g/mol. The molecule has 4 rings (SSSR count). The fraction of sp³-hybridized carbons (Fsp3) is 0.0435. The highest BCUT2D eigenvalue weighted by Gasteiger charge is 2.14. The van der Waals surface area contributed by atoms with Gasteiger partial charge in [0.05, 0.1) is 15.6 Å². The lowest BCUT2D eigenvalue weighted by Crippen LogP contribution is -2.12. The van der Waals surface area contributed by atoms with Crippen LogP contribution < -0.4 is 5.32 Å². The van der Waals surface area contributed by atoms with E-state index in [0.717, 1.165) is 17.0 Å². The highest BCUT2D eigenvalue weighted by Crippen LogP contribution is 2.33. The Labute approximate surface area is 179 Å². The number of amides is 1. The van der Waals surface area contributed by atoms with Crippen LogP contribution in [0.1, 0.15) is 10.4 Å². The fourth-order valence-electron chi connectivity index (χ4n) is 3.19. The quantitative estimate of drug-likeness (QED) is 0.476. The summed E-state index contributed by atoms with van der Waals surface area (Å²) < 4.78 is 23.5. The lowest BCUT2D eigenvalue weighted by molar-refractivity contribution is 0.102. The summed E-state index contributed by atoms with van der Waals surface area (Å²) in [7, 11) is -3.41. The molecule has 3 aromatic carbocycles. The maximum atomic E-state index is 12.7. The fourth-order valence-corrected chi connectivity index (χ4v) is 4.06. The average Bonchev–Trinajstić information content (AvgIpc) is 2.74. The zero-order chi connectivity index (χ0) is 21.3. The van der Waals surface area contributed by atoms with Gasteiger partial charge < -0.3 is 5.32 Å². The second-order valence-corrected chi connectivity index (χ2v) is 9.25. The van der Waals surface area contributed by atoms with Crippen molar-refractivity contribution in [2.75, 3.05) is 11.6 Å². The Morgan fingerprint density at radius 1 is 0.967 bits per heavy atom. The van der Waals surface area contributed by atoms with Gasteiger partial charge in [-0.2, -0.15) is 0 Å². The smallest absolute Gasteiger partial charge is 0.255 e. The molecule has 1 heterocycles. The molecule has 5 nitrogen and oxygen atoms in total. The number of anilines is 1. The number of carbonyl (C=O) groups excluding carboxylic acids is 1. The lowest BCUT2D eigenvalue weighted by atomic mass is 10.0. The van der Waals surface area contributed by atoms with Crippen molar-refractivity contribution < 1.29 is 13.2 Å². The second-order valence-electron chi connectivity index (χ2n) is 6.83. The van der Waals surface area contributed by atoms with E-state index < -0.39 is 15.7 Å². The summed E-state index contributed by atoms with van der Waals surface area (Å²) in [4.78, 5) is 17.3. The van der Waals surface area contributed by atoms with Gasteiger partial charge in [-0.15, -0.1) is 0 Å². The van der Waals surface area contributed by atoms with Crippen LogP contribution in [0.2, 0.25) is 5.02 Å². The number of aromatic nitrogens is 1. The van der Waals surface area contributed by atoms with Gasteiger partial charge >= 0.3 is 0 Å². The van der Waals surface area contributed by atoms with Gasteiger partial charge in [0.2, 0.25) is 0 Å². The first-order chi connectivity index (χ1) is 14.3. The number of carbonyl (C=O) groups is 1. The molecule has 0 aliphatic carbocycles. The van der Waals surface area contributed by atoms with Crippen LogP contribution in [0.3, 0.4) is 0 Å². The summed E-state index contributed by atoms with van der Waals surface area (Å²) in [6.07, 6.45) is 2.82. The molecular formula is C23H17ClN2O3S. The standard InChI is InChI=1S/C23H17ClN2O3S/c1-30(28,29)18-7-4-6-16(13-18)23(27)26-17-9-10-21(24)20(14-17)22-19-8-3-2-5-15(19)11-12-25-22/h2-14H,1H3,(H,26,27). The Morgan fingerprint density at radius 2 is 1.77 bits per heavy atom. The molecule has 0 bridgehead atoms. The van der Waals surface area contributed by atoms with Gasteiger partial charge in [-0.1, -0.05) is 41.9 Å². The van der Waals surface area contributed by atoms with Crippen LogP contribution in [-0.4, -0.2) is 25.6 Å². The van der Waals surface area contributed by atoms with Crippen LogP contribution in [0.25, 0.3) is 22.0 Å². The van der Waals surface area contributed by atoms with E-state index in [1.165, 1.54) is 12.1 Å². The van der Waals surface area contributed by atoms with Gasteiger partial charge in [-0.25, -0.2) is 8.42 Å². The maximum absolute atomic E-state index is 12.7. The van der Waals surface area contributed by atoms with E-state index in [9.17, 15) is 13.2 Å². The molecule has 4 aromatic rings. The van der Waals surface area contributed by atoms with Crippen LogP contribution >= 0.6 is 11.6 Å². The van der Waals surface area contributed by atoms with E-state index >= 15 is 0 Å². The summed E-state index contributed by atoms with van der Waals surface area (Å²) in [5.74, 6) is -0.417. The Hall–Kier alpha value is -3.22. The number of fused-ring (bicyclic) bond motifs is 1. The molecule has 1 N–H and O–H groups in total. The third kappa shape index (κ3) is 4.06. The molecule has 0 radical (unpaired) electrons. The van der Waals surface area contributed by atoms with Gasteiger partial charge in [0.1, 0.15) is 0 Å². The minimum Gasteiger partial charge on any atom is -0.322 e.